The molecular weight excluding hydrogens is 348 g/mol. The van der Waals surface area contributed by atoms with E-state index in [1.54, 1.807) is 7.05 Å². The van der Waals surface area contributed by atoms with Gasteiger partial charge in [0, 0.05) is 18.8 Å². The van der Waals surface area contributed by atoms with E-state index in [2.05, 4.69) is 46.1 Å². The molecular formula is C20H32N2O5. The fourth-order valence-corrected chi connectivity index (χ4v) is 2.61. The summed E-state index contributed by atoms with van der Waals surface area (Å²) < 4.78 is 9.86. The summed E-state index contributed by atoms with van der Waals surface area (Å²) in [6, 6.07) is 8.26. The van der Waals surface area contributed by atoms with Gasteiger partial charge in [0.15, 0.2) is 6.61 Å². The summed E-state index contributed by atoms with van der Waals surface area (Å²) in [4.78, 5) is 23.8. The molecule has 0 aliphatic carbocycles. The minimum atomic E-state index is -1.14. The normalized spacial score (nSPS) is 14.9. The van der Waals surface area contributed by atoms with Gasteiger partial charge in [-0.1, -0.05) is 31.5 Å². The highest BCUT2D eigenvalue weighted by Gasteiger charge is 2.19. The molecule has 1 aliphatic rings. The van der Waals surface area contributed by atoms with Crippen LogP contribution in [0.2, 0.25) is 0 Å². The lowest BCUT2D eigenvalue weighted by Crippen LogP contribution is -2.37. The number of carbonyl (C=O) groups excluding carboxylic acids is 1. The van der Waals surface area contributed by atoms with E-state index >= 15 is 0 Å². The van der Waals surface area contributed by atoms with Crippen molar-refractivity contribution < 1.29 is 24.2 Å². The first-order valence-corrected chi connectivity index (χ1v) is 9.28. The summed E-state index contributed by atoms with van der Waals surface area (Å²) in [5, 5.41) is 11.1. The van der Waals surface area contributed by atoms with Gasteiger partial charge in [-0.2, -0.15) is 0 Å². The first-order valence-electron chi connectivity index (χ1n) is 9.28. The first-order chi connectivity index (χ1) is 12.8. The number of aliphatic carboxylic acids is 1. The van der Waals surface area contributed by atoms with Gasteiger partial charge in [0.1, 0.15) is 6.04 Å². The van der Waals surface area contributed by atoms with Crippen molar-refractivity contribution >= 4 is 17.6 Å². The fourth-order valence-electron chi connectivity index (χ4n) is 2.61. The average Bonchev–Trinajstić information content (AvgIpc) is 2.66. The van der Waals surface area contributed by atoms with Crippen LogP contribution in [0, 0.1) is 12.8 Å². The van der Waals surface area contributed by atoms with Crippen LogP contribution in [0.15, 0.2) is 24.3 Å². The van der Waals surface area contributed by atoms with Crippen molar-refractivity contribution in [2.75, 3.05) is 44.9 Å². The lowest BCUT2D eigenvalue weighted by molar-refractivity contribution is -0.156. The zero-order valence-corrected chi connectivity index (χ0v) is 16.7. The molecule has 7 nitrogen and oxygen atoms in total. The molecule has 1 fully saturated rings. The smallest absolute Gasteiger partial charge is 0.341 e. The van der Waals surface area contributed by atoms with Crippen molar-refractivity contribution in [2.24, 2.45) is 5.92 Å². The average molecular weight is 380 g/mol. The van der Waals surface area contributed by atoms with Crippen molar-refractivity contribution in [3.8, 4) is 0 Å². The van der Waals surface area contributed by atoms with E-state index in [0.29, 0.717) is 12.3 Å². The molecule has 2 rings (SSSR count). The maximum atomic E-state index is 11.3. The van der Waals surface area contributed by atoms with E-state index in [4.69, 9.17) is 9.84 Å². The predicted molar refractivity (Wildman–Crippen MR) is 105 cm³/mol. The van der Waals surface area contributed by atoms with Gasteiger partial charge >= 0.3 is 11.9 Å². The minimum Gasteiger partial charge on any atom is -0.479 e. The number of anilines is 1. The van der Waals surface area contributed by atoms with Crippen molar-refractivity contribution in [1.29, 1.82) is 0 Å². The largest absolute Gasteiger partial charge is 0.479 e. The molecule has 1 heterocycles. The van der Waals surface area contributed by atoms with E-state index in [9.17, 15) is 9.59 Å². The monoisotopic (exact) mass is 380 g/mol. The summed E-state index contributed by atoms with van der Waals surface area (Å²) in [5.41, 5.74) is 2.63. The summed E-state index contributed by atoms with van der Waals surface area (Å²) in [5.74, 6) is -1.30. The number of carboxylic acids is 1. The molecule has 1 saturated heterocycles. The Morgan fingerprint density at radius 3 is 2.30 bits per heavy atom. The first kappa shape index (κ1) is 22.9. The molecule has 0 unspecified atom stereocenters. The summed E-state index contributed by atoms with van der Waals surface area (Å²) in [7, 11) is 1.65. The molecule has 2 N–H and O–H groups in total. The molecule has 1 aliphatic heterocycles. The lowest BCUT2D eigenvalue weighted by Gasteiger charge is -2.28. The molecule has 0 bridgehead atoms. The van der Waals surface area contributed by atoms with Crippen LogP contribution < -0.4 is 10.2 Å². The van der Waals surface area contributed by atoms with Crippen molar-refractivity contribution in [1.82, 2.24) is 5.32 Å². The molecule has 0 spiro atoms. The second kappa shape index (κ2) is 12.3. The molecule has 0 amide bonds. The van der Waals surface area contributed by atoms with Crippen LogP contribution in [-0.2, 0) is 19.1 Å². The molecule has 1 aromatic carbocycles. The molecule has 0 saturated carbocycles. The Hall–Kier alpha value is -2.12. The Kier molecular flexibility index (Phi) is 10.4. The van der Waals surface area contributed by atoms with Crippen LogP contribution >= 0.6 is 0 Å². The number of aryl methyl sites for hydroxylation is 1. The molecule has 27 heavy (non-hydrogen) atoms. The zero-order chi connectivity index (χ0) is 20.2. The van der Waals surface area contributed by atoms with Crippen LogP contribution in [0.3, 0.4) is 0 Å². The maximum absolute atomic E-state index is 11.3. The number of nitrogens with zero attached hydrogens (tertiary/aromatic N) is 1. The molecule has 0 aromatic heterocycles. The topological polar surface area (TPSA) is 88.1 Å². The molecule has 1 atom stereocenters. The van der Waals surface area contributed by atoms with Gasteiger partial charge < -0.3 is 24.8 Å². The Morgan fingerprint density at radius 1 is 1.22 bits per heavy atom. The molecule has 7 heteroatoms. The fraction of sp³-hybridized carbons (Fsp3) is 0.600. The second-order valence-corrected chi connectivity index (χ2v) is 6.91. The Labute approximate surface area is 161 Å². The van der Waals surface area contributed by atoms with Crippen LogP contribution in [0.5, 0.6) is 0 Å². The van der Waals surface area contributed by atoms with Crippen molar-refractivity contribution in [3.63, 3.8) is 0 Å². The van der Waals surface area contributed by atoms with Gasteiger partial charge in [0.05, 0.1) is 13.2 Å². The Balaban J connectivity index is 0.000000270. The van der Waals surface area contributed by atoms with E-state index in [1.807, 2.05) is 13.8 Å². The number of hydrogen-bond donors (Lipinski definition) is 2. The number of carboxylic acid groups (broad SMARTS) is 1. The van der Waals surface area contributed by atoms with Crippen LogP contribution in [0.25, 0.3) is 0 Å². The summed E-state index contributed by atoms with van der Waals surface area (Å²) in [6.07, 6.45) is 0.634. The molecule has 1 aromatic rings. The summed E-state index contributed by atoms with van der Waals surface area (Å²) in [6.45, 7) is 9.25. The predicted octanol–water partition coefficient (Wildman–Crippen LogP) is 2.08. The van der Waals surface area contributed by atoms with Crippen molar-refractivity contribution in [3.05, 3.63) is 29.8 Å². The van der Waals surface area contributed by atoms with Crippen molar-refractivity contribution in [2.45, 2.75) is 33.2 Å². The molecule has 0 radical (unpaired) electrons. The SMILES string of the molecule is CN[C@@H](CC(C)C)C(=O)OCC(=O)O.Cc1ccc(N2CCOCC2)cc1. The number of rotatable bonds is 7. The highest BCUT2D eigenvalue weighted by molar-refractivity contribution is 5.79. The van der Waals surface area contributed by atoms with E-state index in [0.717, 1.165) is 26.3 Å². The van der Waals surface area contributed by atoms with E-state index in [-0.39, 0.29) is 0 Å². The maximum Gasteiger partial charge on any atom is 0.341 e. The third-order valence-electron chi connectivity index (χ3n) is 4.09. The molecule has 152 valence electrons. The van der Waals surface area contributed by atoms with E-state index in [1.165, 1.54) is 11.3 Å². The van der Waals surface area contributed by atoms with Gasteiger partial charge in [-0.05, 0) is 38.4 Å². The third-order valence-corrected chi connectivity index (χ3v) is 4.09. The minimum absolute atomic E-state index is 0.352. The number of ether oxygens (including phenoxy) is 2. The quantitative estimate of drug-likeness (QED) is 0.700. The van der Waals surface area contributed by atoms with Gasteiger partial charge in [0.2, 0.25) is 0 Å². The van der Waals surface area contributed by atoms with Gasteiger partial charge in [-0.25, -0.2) is 4.79 Å². The highest BCUT2D eigenvalue weighted by Crippen LogP contribution is 2.15. The standard InChI is InChI=1S/C11H15NO.C9H17NO4/c1-10-2-4-11(5-3-10)12-6-8-13-9-7-12;1-6(2)4-7(10-3)9(13)14-5-8(11)12/h2-5H,6-9H2,1H3;6-7,10H,4-5H2,1-3H3,(H,11,12)/t;7-/m.0/s1. The number of esters is 1. The van der Waals surface area contributed by atoms with Crippen LogP contribution in [0.4, 0.5) is 5.69 Å². The highest BCUT2D eigenvalue weighted by atomic mass is 16.6. The van der Waals surface area contributed by atoms with Crippen LogP contribution in [0.1, 0.15) is 25.8 Å². The summed E-state index contributed by atoms with van der Waals surface area (Å²) >= 11 is 0. The van der Waals surface area contributed by atoms with E-state index < -0.39 is 24.6 Å². The number of hydrogen-bond acceptors (Lipinski definition) is 6. The lowest BCUT2D eigenvalue weighted by atomic mass is 10.0. The van der Waals surface area contributed by atoms with Gasteiger partial charge in [-0.3, -0.25) is 4.79 Å². The number of carbonyl (C=O) groups is 2. The van der Waals surface area contributed by atoms with Crippen LogP contribution in [-0.4, -0.2) is 63.0 Å². The Morgan fingerprint density at radius 2 is 1.81 bits per heavy atom. The van der Waals surface area contributed by atoms with Gasteiger partial charge in [0.25, 0.3) is 0 Å². The zero-order valence-electron chi connectivity index (χ0n) is 16.7. The number of nitrogens with one attached hydrogen (secondary N) is 1. The number of morpholine rings is 1. The van der Waals surface area contributed by atoms with Gasteiger partial charge in [-0.15, -0.1) is 0 Å². The second-order valence-electron chi connectivity index (χ2n) is 6.91. The number of likely N-dealkylation sites (N-methyl/N-ethyl adjacent to an activating group) is 1. The number of benzene rings is 1. The third kappa shape index (κ3) is 9.40. The Bertz CT molecular complexity index is 568.